The monoisotopic (exact) mass is 334 g/mol. The number of nitrogens with one attached hydrogen (secondary N) is 1. The summed E-state index contributed by atoms with van der Waals surface area (Å²) in [6, 6.07) is 18.9. The fraction of sp³-hybridized carbons (Fsp3) is 0.150. The lowest BCUT2D eigenvalue weighted by Gasteiger charge is -2.10. The van der Waals surface area contributed by atoms with Gasteiger partial charge in [0.1, 0.15) is 6.61 Å². The number of hydrogen-bond acceptors (Lipinski definition) is 4. The van der Waals surface area contributed by atoms with Crippen LogP contribution in [0.5, 0.6) is 0 Å². The maximum atomic E-state index is 12.5. The number of rotatable bonds is 5. The molecule has 25 heavy (non-hydrogen) atoms. The Balaban J connectivity index is 1.93. The van der Waals surface area contributed by atoms with Gasteiger partial charge in [0, 0.05) is 17.9 Å². The number of pyridine rings is 1. The Bertz CT molecular complexity index is 907. The zero-order chi connectivity index (χ0) is 17.6. The molecule has 0 radical (unpaired) electrons. The summed E-state index contributed by atoms with van der Waals surface area (Å²) in [5.74, 6) is -0.585. The van der Waals surface area contributed by atoms with Gasteiger partial charge in [-0.2, -0.15) is 0 Å². The minimum Gasteiger partial charge on any atom is -0.460 e. The predicted octanol–water partition coefficient (Wildman–Crippen LogP) is 3.19. The van der Waals surface area contributed by atoms with Crippen LogP contribution in [0.1, 0.15) is 17.3 Å². The number of hydrogen-bond donors (Lipinski definition) is 1. The van der Waals surface area contributed by atoms with Gasteiger partial charge in [-0.1, -0.05) is 48.5 Å². The first-order valence-electron chi connectivity index (χ1n) is 8.02. The molecule has 0 unspecified atom stereocenters. The number of esters is 1. The number of carbonyl (C=O) groups excluding carboxylic acids is 2. The van der Waals surface area contributed by atoms with E-state index in [2.05, 4.69) is 10.3 Å². The highest BCUT2D eigenvalue weighted by Crippen LogP contribution is 2.25. The van der Waals surface area contributed by atoms with E-state index >= 15 is 0 Å². The van der Waals surface area contributed by atoms with Gasteiger partial charge in [-0.05, 0) is 12.1 Å². The molecule has 0 atom stereocenters. The highest BCUT2D eigenvalue weighted by atomic mass is 16.5. The van der Waals surface area contributed by atoms with Crippen molar-refractivity contribution in [1.82, 2.24) is 10.3 Å². The summed E-state index contributed by atoms with van der Waals surface area (Å²) in [5.41, 5.74) is 2.85. The molecule has 0 bridgehead atoms. The lowest BCUT2D eigenvalue weighted by atomic mass is 10.0. The van der Waals surface area contributed by atoms with Crippen molar-refractivity contribution in [2.24, 2.45) is 0 Å². The van der Waals surface area contributed by atoms with E-state index in [4.69, 9.17) is 4.74 Å². The van der Waals surface area contributed by atoms with Gasteiger partial charge >= 0.3 is 5.97 Å². The lowest BCUT2D eigenvalue weighted by molar-refractivity contribution is -0.119. The molecule has 1 amide bonds. The maximum absolute atomic E-state index is 12.5. The third kappa shape index (κ3) is 4.01. The Morgan fingerprint density at radius 1 is 1.04 bits per heavy atom. The first-order chi connectivity index (χ1) is 12.1. The van der Waals surface area contributed by atoms with Crippen LogP contribution in [0.25, 0.3) is 22.2 Å². The van der Waals surface area contributed by atoms with Gasteiger partial charge < -0.3 is 10.1 Å². The second-order valence-corrected chi connectivity index (χ2v) is 5.56. The summed E-state index contributed by atoms with van der Waals surface area (Å²) in [6.45, 7) is 1.83. The van der Waals surface area contributed by atoms with E-state index in [1.165, 1.54) is 6.92 Å². The van der Waals surface area contributed by atoms with Crippen molar-refractivity contribution in [2.75, 3.05) is 13.2 Å². The number of para-hydroxylation sites is 1. The summed E-state index contributed by atoms with van der Waals surface area (Å²) in [5, 5.41) is 3.34. The molecule has 0 fully saturated rings. The number of aromatic nitrogens is 1. The minimum absolute atomic E-state index is 0.121. The van der Waals surface area contributed by atoms with Crippen molar-refractivity contribution in [1.29, 1.82) is 0 Å². The van der Waals surface area contributed by atoms with E-state index in [-0.39, 0.29) is 19.1 Å². The predicted molar refractivity (Wildman–Crippen MR) is 96.1 cm³/mol. The van der Waals surface area contributed by atoms with Gasteiger partial charge in [-0.25, -0.2) is 9.78 Å². The third-order valence-electron chi connectivity index (χ3n) is 3.71. The Morgan fingerprint density at radius 3 is 2.52 bits per heavy atom. The molecule has 0 saturated heterocycles. The molecule has 2 aromatic carbocycles. The Morgan fingerprint density at radius 2 is 1.76 bits per heavy atom. The second kappa shape index (κ2) is 7.57. The van der Waals surface area contributed by atoms with E-state index in [0.717, 1.165) is 16.5 Å². The largest absolute Gasteiger partial charge is 0.460 e. The SMILES string of the molecule is CC(=O)NCCOC(=O)c1cc(-c2ccccc2)nc2ccccc12. The molecule has 126 valence electrons. The molecule has 0 saturated carbocycles. The first kappa shape index (κ1) is 16.6. The van der Waals surface area contributed by atoms with Crippen molar-refractivity contribution in [2.45, 2.75) is 6.92 Å². The molecule has 0 spiro atoms. The van der Waals surface area contributed by atoms with E-state index in [1.54, 1.807) is 6.07 Å². The molecule has 1 aromatic heterocycles. The molecule has 0 aliphatic heterocycles. The first-order valence-corrected chi connectivity index (χ1v) is 8.02. The van der Waals surface area contributed by atoms with E-state index in [1.807, 2.05) is 54.6 Å². The maximum Gasteiger partial charge on any atom is 0.338 e. The Labute approximate surface area is 145 Å². The van der Waals surface area contributed by atoms with Crippen LogP contribution < -0.4 is 5.32 Å². The van der Waals surface area contributed by atoms with Gasteiger partial charge in [0.25, 0.3) is 0 Å². The summed E-state index contributed by atoms with van der Waals surface area (Å²) < 4.78 is 5.30. The highest BCUT2D eigenvalue weighted by molar-refractivity contribution is 6.04. The van der Waals surface area contributed by atoms with Crippen LogP contribution in [0, 0.1) is 0 Å². The summed E-state index contributed by atoms with van der Waals surface area (Å²) >= 11 is 0. The fourth-order valence-electron chi connectivity index (χ4n) is 2.55. The second-order valence-electron chi connectivity index (χ2n) is 5.56. The van der Waals surface area contributed by atoms with Crippen LogP contribution in [-0.2, 0) is 9.53 Å². The van der Waals surface area contributed by atoms with Gasteiger partial charge in [0.2, 0.25) is 5.91 Å². The van der Waals surface area contributed by atoms with Crippen LogP contribution in [0.4, 0.5) is 0 Å². The number of carbonyl (C=O) groups is 2. The Hall–Kier alpha value is -3.21. The molecule has 5 heteroatoms. The van der Waals surface area contributed by atoms with E-state index in [9.17, 15) is 9.59 Å². The van der Waals surface area contributed by atoms with Crippen LogP contribution in [0.3, 0.4) is 0 Å². The van der Waals surface area contributed by atoms with Crippen molar-refractivity contribution in [3.63, 3.8) is 0 Å². The molecule has 3 rings (SSSR count). The summed E-state index contributed by atoms with van der Waals surface area (Å²) in [4.78, 5) is 28.0. The quantitative estimate of drug-likeness (QED) is 0.575. The molecular formula is C20H18N2O3. The lowest BCUT2D eigenvalue weighted by Crippen LogP contribution is -2.25. The van der Waals surface area contributed by atoms with Gasteiger partial charge in [0.05, 0.1) is 23.3 Å². The number of amides is 1. The average molecular weight is 334 g/mol. The van der Waals surface area contributed by atoms with Crippen molar-refractivity contribution < 1.29 is 14.3 Å². The third-order valence-corrected chi connectivity index (χ3v) is 3.71. The molecule has 0 aliphatic carbocycles. The molecule has 5 nitrogen and oxygen atoms in total. The van der Waals surface area contributed by atoms with Crippen LogP contribution in [-0.4, -0.2) is 30.0 Å². The summed E-state index contributed by atoms with van der Waals surface area (Å²) in [6.07, 6.45) is 0. The molecule has 0 aliphatic rings. The van der Waals surface area contributed by atoms with Crippen LogP contribution >= 0.6 is 0 Å². The molecule has 1 heterocycles. The zero-order valence-electron chi connectivity index (χ0n) is 13.9. The smallest absolute Gasteiger partial charge is 0.338 e. The number of benzene rings is 2. The Kier molecular flexibility index (Phi) is 5.04. The topological polar surface area (TPSA) is 68.3 Å². The number of nitrogens with zero attached hydrogens (tertiary/aromatic N) is 1. The van der Waals surface area contributed by atoms with Crippen molar-refractivity contribution in [3.05, 3.63) is 66.2 Å². The normalized spacial score (nSPS) is 10.4. The van der Waals surface area contributed by atoms with Gasteiger partial charge in [0.15, 0.2) is 0 Å². The van der Waals surface area contributed by atoms with Crippen molar-refractivity contribution in [3.8, 4) is 11.3 Å². The molecular weight excluding hydrogens is 316 g/mol. The van der Waals surface area contributed by atoms with Crippen LogP contribution in [0.15, 0.2) is 60.7 Å². The van der Waals surface area contributed by atoms with E-state index in [0.29, 0.717) is 11.3 Å². The average Bonchev–Trinajstić information content (AvgIpc) is 2.64. The van der Waals surface area contributed by atoms with Gasteiger partial charge in [-0.15, -0.1) is 0 Å². The number of fused-ring (bicyclic) bond motifs is 1. The molecule has 1 N–H and O–H groups in total. The van der Waals surface area contributed by atoms with Crippen molar-refractivity contribution >= 4 is 22.8 Å². The number of ether oxygens (including phenoxy) is 1. The highest BCUT2D eigenvalue weighted by Gasteiger charge is 2.15. The van der Waals surface area contributed by atoms with E-state index < -0.39 is 5.97 Å². The standard InChI is InChI=1S/C20H18N2O3/c1-14(23)21-11-12-25-20(24)17-13-19(15-7-3-2-4-8-15)22-18-10-6-5-9-16(17)18/h2-10,13H,11-12H2,1H3,(H,21,23). The van der Waals surface area contributed by atoms with Gasteiger partial charge in [-0.3, -0.25) is 4.79 Å². The van der Waals surface area contributed by atoms with Crippen LogP contribution in [0.2, 0.25) is 0 Å². The zero-order valence-corrected chi connectivity index (χ0v) is 13.9. The fourth-order valence-corrected chi connectivity index (χ4v) is 2.55. The summed E-state index contributed by atoms with van der Waals surface area (Å²) in [7, 11) is 0. The molecule has 3 aromatic rings. The minimum atomic E-state index is -0.430.